The number of hydrogen-bond acceptors (Lipinski definition) is 6. The summed E-state index contributed by atoms with van der Waals surface area (Å²) in [5.74, 6) is -0.0722. The monoisotopic (exact) mass is 580 g/mol. The topological polar surface area (TPSA) is 128 Å². The summed E-state index contributed by atoms with van der Waals surface area (Å²) in [6, 6.07) is 10.1. The number of nitrogens with one attached hydrogen (secondary N) is 2. The molecule has 0 unspecified atom stereocenters. The summed E-state index contributed by atoms with van der Waals surface area (Å²) in [4.78, 5) is 27.3. The Balaban J connectivity index is 1.95. The van der Waals surface area contributed by atoms with Gasteiger partial charge in [0.05, 0.1) is 30.5 Å². The molecule has 214 valence electrons. The van der Waals surface area contributed by atoms with Crippen LogP contribution in [0.25, 0.3) is 0 Å². The third-order valence-corrected chi connectivity index (χ3v) is 8.64. The summed E-state index contributed by atoms with van der Waals surface area (Å²) in [5, 5.41) is 15.8. The van der Waals surface area contributed by atoms with E-state index < -0.39 is 22.2 Å². The van der Waals surface area contributed by atoms with E-state index in [4.69, 9.17) is 16.3 Å². The molecule has 0 saturated heterocycles. The van der Waals surface area contributed by atoms with E-state index in [1.54, 1.807) is 30.0 Å². The highest BCUT2D eigenvalue weighted by atomic mass is 35.5. The molecule has 12 heteroatoms. The molecule has 3 N–H and O–H groups in total. The maximum absolute atomic E-state index is 13.4. The number of likely N-dealkylation sites (N-methyl/N-ethyl adjacent to an activating group) is 1. The van der Waals surface area contributed by atoms with Gasteiger partial charge in [-0.2, -0.15) is 4.31 Å². The van der Waals surface area contributed by atoms with Crippen molar-refractivity contribution in [3.8, 4) is 5.75 Å². The number of hydrogen-bond donors (Lipinski definition) is 3. The van der Waals surface area contributed by atoms with E-state index in [1.807, 2.05) is 20.8 Å². The molecule has 39 heavy (non-hydrogen) atoms. The first kappa shape index (κ1) is 30.7. The zero-order valence-corrected chi connectivity index (χ0v) is 24.4. The second-order valence-electron chi connectivity index (χ2n) is 10.2. The highest BCUT2D eigenvalue weighted by molar-refractivity contribution is 7.89. The van der Waals surface area contributed by atoms with Crippen LogP contribution in [0.4, 0.5) is 10.5 Å². The second-order valence-corrected chi connectivity index (χ2v) is 12.7. The summed E-state index contributed by atoms with van der Waals surface area (Å²) in [5.41, 5.74) is 1.02. The largest absolute Gasteiger partial charge is 0.488 e. The average molecular weight is 581 g/mol. The Kier molecular flexibility index (Phi) is 10.2. The number of sulfonamides is 1. The number of fused-ring (bicyclic) bond motifs is 1. The van der Waals surface area contributed by atoms with Crippen molar-refractivity contribution < 1.29 is 27.9 Å². The molecule has 0 bridgehead atoms. The molecule has 0 aliphatic carbocycles. The Morgan fingerprint density at radius 3 is 2.49 bits per heavy atom. The molecule has 0 aromatic heterocycles. The normalized spacial score (nSPS) is 19.0. The maximum atomic E-state index is 13.4. The third-order valence-electron chi connectivity index (χ3n) is 6.55. The summed E-state index contributed by atoms with van der Waals surface area (Å²) in [6.45, 7) is 7.38. The number of nitrogens with zero attached hydrogens (tertiary/aromatic N) is 2. The molecule has 1 aliphatic rings. The number of halogens is 1. The van der Waals surface area contributed by atoms with Crippen LogP contribution >= 0.6 is 11.6 Å². The Labute approximate surface area is 235 Å². The van der Waals surface area contributed by atoms with Crippen LogP contribution in [0.1, 0.15) is 33.3 Å². The highest BCUT2D eigenvalue weighted by Crippen LogP contribution is 2.30. The fraction of sp³-hybridized carbons (Fsp3) is 0.481. The van der Waals surface area contributed by atoms with Gasteiger partial charge in [0.1, 0.15) is 11.9 Å². The maximum Gasteiger partial charge on any atom is 0.319 e. The van der Waals surface area contributed by atoms with Gasteiger partial charge in [0.2, 0.25) is 15.9 Å². The van der Waals surface area contributed by atoms with E-state index in [-0.39, 0.29) is 54.9 Å². The molecule has 0 fully saturated rings. The van der Waals surface area contributed by atoms with Gasteiger partial charge in [-0.05, 0) is 63.2 Å². The third kappa shape index (κ3) is 7.84. The summed E-state index contributed by atoms with van der Waals surface area (Å²) in [6.07, 6.45) is -0.641. The van der Waals surface area contributed by atoms with Gasteiger partial charge >= 0.3 is 6.03 Å². The lowest BCUT2D eigenvalue weighted by Crippen LogP contribution is -2.48. The molecular formula is C27H37ClN4O6S. The van der Waals surface area contributed by atoms with Gasteiger partial charge in [0, 0.05) is 41.8 Å². The van der Waals surface area contributed by atoms with Gasteiger partial charge < -0.3 is 25.4 Å². The molecule has 0 radical (unpaired) electrons. The van der Waals surface area contributed by atoms with Gasteiger partial charge in [-0.3, -0.25) is 4.79 Å². The number of urea groups is 1. The predicted octanol–water partition coefficient (Wildman–Crippen LogP) is 3.34. The van der Waals surface area contributed by atoms with Crippen molar-refractivity contribution in [2.45, 2.75) is 57.2 Å². The molecule has 0 spiro atoms. The van der Waals surface area contributed by atoms with E-state index in [9.17, 15) is 23.1 Å². The van der Waals surface area contributed by atoms with Crippen molar-refractivity contribution in [2.24, 2.45) is 5.92 Å². The number of aliphatic hydroxyl groups is 1. The molecule has 3 amide bonds. The van der Waals surface area contributed by atoms with Gasteiger partial charge in [-0.15, -0.1) is 0 Å². The standard InChI is InChI=1S/C27H37ClN4O6S/c1-17(2)29-27(35)30-22-8-11-24-20(12-22)13-26(34)32(19(4)16-33)14-18(3)25(38-24)15-31(5)39(36,37)23-9-6-21(28)7-10-23/h6-12,17-19,25,33H,13-16H2,1-5H3,(H2,29,30,35)/t18-,19-,25-/m0/s1. The highest BCUT2D eigenvalue weighted by Gasteiger charge is 2.33. The fourth-order valence-corrected chi connectivity index (χ4v) is 5.60. The van der Waals surface area contributed by atoms with Crippen LogP contribution in [0.5, 0.6) is 5.75 Å². The Bertz CT molecular complexity index is 1270. The summed E-state index contributed by atoms with van der Waals surface area (Å²) in [7, 11) is -2.36. The SMILES string of the molecule is CC(C)NC(=O)Nc1ccc2c(c1)CC(=O)N([C@@H](C)CO)C[C@H](C)[C@H](CN(C)S(=O)(=O)c1ccc(Cl)cc1)O2. The van der Waals surface area contributed by atoms with E-state index in [1.165, 1.54) is 35.6 Å². The Hall–Kier alpha value is -2.86. The molecule has 1 heterocycles. The minimum absolute atomic E-state index is 0.0118. The van der Waals surface area contributed by atoms with E-state index >= 15 is 0 Å². The van der Waals surface area contributed by atoms with Crippen molar-refractivity contribution in [3.63, 3.8) is 0 Å². The van der Waals surface area contributed by atoms with Crippen LogP contribution in [0.15, 0.2) is 47.4 Å². The number of rotatable bonds is 8. The fourth-order valence-electron chi connectivity index (χ4n) is 4.29. The van der Waals surface area contributed by atoms with Crippen LogP contribution in [-0.4, -0.2) is 79.6 Å². The van der Waals surface area contributed by atoms with Crippen LogP contribution < -0.4 is 15.4 Å². The first-order chi connectivity index (χ1) is 18.3. The molecule has 0 saturated carbocycles. The Morgan fingerprint density at radius 2 is 1.87 bits per heavy atom. The van der Waals surface area contributed by atoms with Crippen molar-refractivity contribution in [3.05, 3.63) is 53.1 Å². The van der Waals surface area contributed by atoms with Gasteiger partial charge in [0.25, 0.3) is 0 Å². The second kappa shape index (κ2) is 13.0. The van der Waals surface area contributed by atoms with Gasteiger partial charge in [-0.25, -0.2) is 13.2 Å². The molecular weight excluding hydrogens is 544 g/mol. The zero-order valence-electron chi connectivity index (χ0n) is 22.8. The Morgan fingerprint density at radius 1 is 1.21 bits per heavy atom. The number of aliphatic hydroxyl groups excluding tert-OH is 1. The van der Waals surface area contributed by atoms with Crippen LogP contribution in [0.2, 0.25) is 5.02 Å². The lowest BCUT2D eigenvalue weighted by Gasteiger charge is -2.33. The summed E-state index contributed by atoms with van der Waals surface area (Å²) >= 11 is 5.93. The number of benzene rings is 2. The number of ether oxygens (including phenoxy) is 1. The lowest BCUT2D eigenvalue weighted by atomic mass is 10.0. The summed E-state index contributed by atoms with van der Waals surface area (Å²) < 4.78 is 34.2. The van der Waals surface area contributed by atoms with Crippen LogP contribution in [0, 0.1) is 5.92 Å². The van der Waals surface area contributed by atoms with E-state index in [2.05, 4.69) is 10.6 Å². The molecule has 2 aromatic carbocycles. The van der Waals surface area contributed by atoms with Crippen molar-refractivity contribution in [2.75, 3.05) is 32.1 Å². The number of carbonyl (C=O) groups excluding carboxylic acids is 2. The van der Waals surface area contributed by atoms with Crippen molar-refractivity contribution >= 4 is 39.2 Å². The van der Waals surface area contributed by atoms with E-state index in [0.29, 0.717) is 22.0 Å². The first-order valence-electron chi connectivity index (χ1n) is 12.8. The average Bonchev–Trinajstić information content (AvgIpc) is 2.91. The lowest BCUT2D eigenvalue weighted by molar-refractivity contribution is -0.134. The van der Waals surface area contributed by atoms with Crippen molar-refractivity contribution in [1.82, 2.24) is 14.5 Å². The number of carbonyl (C=O) groups is 2. The van der Waals surface area contributed by atoms with Gasteiger partial charge in [-0.1, -0.05) is 18.5 Å². The molecule has 1 aliphatic heterocycles. The molecule has 3 rings (SSSR count). The quantitative estimate of drug-likeness (QED) is 0.439. The predicted molar refractivity (Wildman–Crippen MR) is 151 cm³/mol. The molecule has 3 atom stereocenters. The smallest absolute Gasteiger partial charge is 0.319 e. The van der Waals surface area contributed by atoms with E-state index in [0.717, 1.165) is 0 Å². The molecule has 2 aromatic rings. The first-order valence-corrected chi connectivity index (χ1v) is 14.6. The minimum Gasteiger partial charge on any atom is -0.488 e. The number of anilines is 1. The number of amides is 3. The minimum atomic E-state index is -3.84. The van der Waals surface area contributed by atoms with Gasteiger partial charge in [0.15, 0.2) is 0 Å². The zero-order chi connectivity index (χ0) is 28.9. The van der Waals surface area contributed by atoms with Crippen LogP contribution in [0.3, 0.4) is 0 Å². The van der Waals surface area contributed by atoms with Crippen LogP contribution in [-0.2, 0) is 21.2 Å². The molecule has 10 nitrogen and oxygen atoms in total. The van der Waals surface area contributed by atoms with Crippen molar-refractivity contribution in [1.29, 1.82) is 0 Å².